The third-order valence-corrected chi connectivity index (χ3v) is 11.9. The van der Waals surface area contributed by atoms with Crippen LogP contribution in [-0.4, -0.2) is 69.6 Å². The molecule has 2 heterocycles. The number of aromatic nitrogens is 2. The summed E-state index contributed by atoms with van der Waals surface area (Å²) in [6.45, 7) is 6.72. The first-order valence-corrected chi connectivity index (χ1v) is 24.8. The van der Waals surface area contributed by atoms with Crippen molar-refractivity contribution in [1.82, 2.24) is 9.55 Å². The summed E-state index contributed by atoms with van der Waals surface area (Å²) in [4.78, 5) is 51.9. The first-order valence-electron chi connectivity index (χ1n) is 23.3. The Balaban J connectivity index is 1.77. The number of nitrogen functional groups attached to an aromatic ring is 1. The number of phosphoric acid groups is 1. The standard InChI is InChI=1S/C45H80N3O11P/c1-4-6-8-10-12-14-16-18-20-22-24-26-28-30-41(49)55-34-38(58-42(50)31-29-27-25-23-21-19-17-15-13-11-9-7-5-2)35-56-60(53,54)57-36-39-43(51)37(3)44(59-39)48-33-32-40(46)47-45(48)52/h32-33,38-39,43-44,51H,3-31,34-36H2,1-2H3,(H,53,54)(H2,46,47,52)/t38-,39+,43-,44+/m0/s1. The van der Waals surface area contributed by atoms with Crippen LogP contribution >= 0.6 is 7.82 Å². The van der Waals surface area contributed by atoms with Crippen molar-refractivity contribution in [2.75, 3.05) is 25.6 Å². The second-order valence-electron chi connectivity index (χ2n) is 16.4. The number of carbonyl (C=O) groups is 2. The molecule has 1 saturated heterocycles. The number of nitrogens with zero attached hydrogens (tertiary/aromatic N) is 2. The van der Waals surface area contributed by atoms with Gasteiger partial charge in [-0.25, -0.2) is 9.36 Å². The molecule has 0 amide bonds. The number of carbonyl (C=O) groups excluding carboxylic acids is 2. The summed E-state index contributed by atoms with van der Waals surface area (Å²) in [7, 11) is -4.79. The first kappa shape index (κ1) is 53.5. The Morgan fingerprint density at radius 1 is 0.767 bits per heavy atom. The van der Waals surface area contributed by atoms with Crippen LogP contribution in [0, 0.1) is 0 Å². The predicted octanol–water partition coefficient (Wildman–Crippen LogP) is 10.2. The van der Waals surface area contributed by atoms with Crippen LogP contribution in [0.5, 0.6) is 0 Å². The van der Waals surface area contributed by atoms with E-state index < -0.39 is 63.2 Å². The molecule has 5 atom stereocenters. The summed E-state index contributed by atoms with van der Waals surface area (Å²) in [5.41, 5.74) is 4.95. The van der Waals surface area contributed by atoms with Crippen molar-refractivity contribution in [3.63, 3.8) is 0 Å². The fourth-order valence-electron chi connectivity index (χ4n) is 7.27. The Morgan fingerprint density at radius 2 is 1.22 bits per heavy atom. The average molecular weight is 870 g/mol. The number of aliphatic hydroxyl groups is 1. The van der Waals surface area contributed by atoms with Crippen LogP contribution < -0.4 is 11.4 Å². The molecule has 15 heteroatoms. The molecular weight excluding hydrogens is 789 g/mol. The molecule has 2 rings (SSSR count). The molecule has 346 valence electrons. The molecule has 0 radical (unpaired) electrons. The molecule has 14 nitrogen and oxygen atoms in total. The van der Waals surface area contributed by atoms with E-state index in [1.165, 1.54) is 128 Å². The largest absolute Gasteiger partial charge is 0.472 e. The van der Waals surface area contributed by atoms with E-state index in [1.54, 1.807) is 0 Å². The zero-order chi connectivity index (χ0) is 43.9. The smallest absolute Gasteiger partial charge is 0.462 e. The molecule has 0 spiro atoms. The first-order chi connectivity index (χ1) is 29.0. The molecule has 0 aromatic carbocycles. The summed E-state index contributed by atoms with van der Waals surface area (Å²) in [6.07, 6.45) is 27.7. The molecule has 4 N–H and O–H groups in total. The summed E-state index contributed by atoms with van der Waals surface area (Å²) in [5, 5.41) is 10.7. The zero-order valence-electron chi connectivity index (χ0n) is 37.1. The van der Waals surface area contributed by atoms with Gasteiger partial charge in [0.05, 0.1) is 13.2 Å². The van der Waals surface area contributed by atoms with Gasteiger partial charge >= 0.3 is 25.5 Å². The van der Waals surface area contributed by atoms with Crippen molar-refractivity contribution in [3.05, 3.63) is 34.9 Å². The average Bonchev–Trinajstić information content (AvgIpc) is 3.50. The number of hydrogen-bond acceptors (Lipinski definition) is 12. The van der Waals surface area contributed by atoms with Crippen molar-refractivity contribution in [2.24, 2.45) is 0 Å². The minimum Gasteiger partial charge on any atom is -0.462 e. The van der Waals surface area contributed by atoms with Gasteiger partial charge in [-0.1, -0.05) is 175 Å². The van der Waals surface area contributed by atoms with Crippen LogP contribution in [0.15, 0.2) is 29.2 Å². The lowest BCUT2D eigenvalue weighted by Crippen LogP contribution is -2.30. The molecule has 1 aliphatic rings. The lowest BCUT2D eigenvalue weighted by molar-refractivity contribution is -0.161. The number of nitrogens with two attached hydrogens (primary N) is 1. The van der Waals surface area contributed by atoms with Crippen LogP contribution in [0.2, 0.25) is 0 Å². The van der Waals surface area contributed by atoms with Crippen molar-refractivity contribution < 1.29 is 47.4 Å². The lowest BCUT2D eigenvalue weighted by atomic mass is 10.0. The number of aliphatic hydroxyl groups excluding tert-OH is 1. The van der Waals surface area contributed by atoms with Gasteiger partial charge in [0.25, 0.3) is 0 Å². The van der Waals surface area contributed by atoms with Gasteiger partial charge in [-0.3, -0.25) is 23.2 Å². The van der Waals surface area contributed by atoms with Gasteiger partial charge in [-0.05, 0) is 18.9 Å². The zero-order valence-corrected chi connectivity index (χ0v) is 38.0. The molecule has 1 aliphatic heterocycles. The molecule has 1 fully saturated rings. The number of rotatable bonds is 38. The second-order valence-corrected chi connectivity index (χ2v) is 17.9. The van der Waals surface area contributed by atoms with E-state index in [4.69, 9.17) is 29.0 Å². The van der Waals surface area contributed by atoms with Gasteiger partial charge in [0.15, 0.2) is 12.3 Å². The maximum Gasteiger partial charge on any atom is 0.472 e. The third-order valence-electron chi connectivity index (χ3n) is 11.0. The van der Waals surface area contributed by atoms with E-state index in [1.807, 2.05) is 0 Å². The summed E-state index contributed by atoms with van der Waals surface area (Å²) in [5.74, 6) is -0.962. The Labute approximate surface area is 360 Å². The quantitative estimate of drug-likeness (QED) is 0.0246. The normalized spacial score (nSPS) is 18.1. The van der Waals surface area contributed by atoms with Gasteiger partial charge in [-0.15, -0.1) is 0 Å². The Bertz CT molecular complexity index is 1430. The van der Waals surface area contributed by atoms with E-state index in [2.05, 4.69) is 25.4 Å². The van der Waals surface area contributed by atoms with Gasteiger partial charge in [-0.2, -0.15) is 4.98 Å². The van der Waals surface area contributed by atoms with E-state index in [9.17, 15) is 28.9 Å². The van der Waals surface area contributed by atoms with Gasteiger partial charge in [0, 0.05) is 24.6 Å². The van der Waals surface area contributed by atoms with Crippen molar-refractivity contribution in [1.29, 1.82) is 0 Å². The number of hydrogen-bond donors (Lipinski definition) is 3. The van der Waals surface area contributed by atoms with Gasteiger partial charge in [0.1, 0.15) is 24.6 Å². The molecule has 1 aromatic rings. The second kappa shape index (κ2) is 33.0. The molecule has 0 bridgehead atoms. The molecule has 60 heavy (non-hydrogen) atoms. The molecule has 1 aromatic heterocycles. The van der Waals surface area contributed by atoms with E-state index in [-0.39, 0.29) is 30.8 Å². The number of phosphoric ester groups is 1. The van der Waals surface area contributed by atoms with Gasteiger partial charge < -0.3 is 29.9 Å². The van der Waals surface area contributed by atoms with Crippen LogP contribution in [0.4, 0.5) is 5.82 Å². The molecular formula is C45H80N3O11P. The van der Waals surface area contributed by atoms with Gasteiger partial charge in [0.2, 0.25) is 0 Å². The number of esters is 2. The fraction of sp³-hybridized carbons (Fsp3) is 0.822. The minimum absolute atomic E-state index is 0.00630. The molecule has 1 unspecified atom stereocenters. The van der Waals surface area contributed by atoms with E-state index in [0.717, 1.165) is 43.1 Å². The van der Waals surface area contributed by atoms with Crippen LogP contribution in [0.3, 0.4) is 0 Å². The highest BCUT2D eigenvalue weighted by Crippen LogP contribution is 2.45. The van der Waals surface area contributed by atoms with Crippen LogP contribution in [0.1, 0.15) is 200 Å². The maximum atomic E-state index is 12.9. The van der Waals surface area contributed by atoms with Crippen LogP contribution in [0.25, 0.3) is 0 Å². The Morgan fingerprint density at radius 3 is 1.68 bits per heavy atom. The topological polar surface area (TPSA) is 199 Å². The molecule has 0 aliphatic carbocycles. The summed E-state index contributed by atoms with van der Waals surface area (Å²) >= 11 is 0. The van der Waals surface area contributed by atoms with Crippen molar-refractivity contribution >= 4 is 25.6 Å². The SMILES string of the molecule is C=C1[C@H](n2ccc(N)nc2=O)O[C@H](COP(=O)(O)OC[C@H](COC(=O)CCCCCCCCCCCCCCC)OC(=O)CCCCCCCCCCCCCCC)[C@H]1O. The lowest BCUT2D eigenvalue weighted by Gasteiger charge is -2.21. The van der Waals surface area contributed by atoms with E-state index in [0.29, 0.717) is 12.8 Å². The van der Waals surface area contributed by atoms with Crippen LogP contribution in [-0.2, 0) is 37.4 Å². The highest BCUT2D eigenvalue weighted by atomic mass is 31.2. The highest BCUT2D eigenvalue weighted by molar-refractivity contribution is 7.47. The molecule has 0 saturated carbocycles. The maximum absolute atomic E-state index is 12.9. The Kier molecular flexibility index (Phi) is 29.5. The van der Waals surface area contributed by atoms with Crippen molar-refractivity contribution in [2.45, 2.75) is 218 Å². The van der Waals surface area contributed by atoms with E-state index >= 15 is 0 Å². The van der Waals surface area contributed by atoms with Crippen molar-refractivity contribution in [3.8, 4) is 0 Å². The fourth-order valence-corrected chi connectivity index (χ4v) is 8.03. The number of anilines is 1. The minimum atomic E-state index is -4.79. The summed E-state index contributed by atoms with van der Waals surface area (Å²) in [6, 6.07) is 1.38. The predicted molar refractivity (Wildman–Crippen MR) is 235 cm³/mol. The highest BCUT2D eigenvalue weighted by Gasteiger charge is 2.41. The number of ether oxygens (including phenoxy) is 3. The third kappa shape index (κ3) is 24.7. The number of unbranched alkanes of at least 4 members (excludes halogenated alkanes) is 24. The Hall–Kier alpha value is -2.61. The summed E-state index contributed by atoms with van der Waals surface area (Å²) < 4.78 is 41.0. The monoisotopic (exact) mass is 870 g/mol.